The third-order valence-electron chi connectivity index (χ3n) is 2.22. The van der Waals surface area contributed by atoms with Crippen molar-refractivity contribution in [1.82, 2.24) is 20.4 Å². The lowest BCUT2D eigenvalue weighted by Crippen LogP contribution is -2.51. The highest BCUT2D eigenvalue weighted by Crippen LogP contribution is 1.92. The number of aliphatic hydroxyl groups is 1. The molecule has 0 aliphatic heterocycles. The molecular weight excluding hydrogens is 240 g/mol. The molecule has 1 rings (SSSR count). The Morgan fingerprint density at radius 2 is 2.22 bits per heavy atom. The third kappa shape index (κ3) is 4.42. The lowest BCUT2D eigenvalue weighted by atomic mass is 10.2. The van der Waals surface area contributed by atoms with E-state index in [0.717, 1.165) is 0 Å². The molecule has 1 aromatic rings. The number of aromatic nitrogens is 2. The molecule has 1 heterocycles. The molecule has 0 fully saturated rings. The molecule has 0 spiro atoms. The van der Waals surface area contributed by atoms with Gasteiger partial charge in [0, 0.05) is 18.9 Å². The summed E-state index contributed by atoms with van der Waals surface area (Å²) in [6.07, 6.45) is 2.20. The number of carboxylic acid groups (broad SMARTS) is 1. The van der Waals surface area contributed by atoms with Crippen LogP contribution in [-0.4, -0.2) is 50.7 Å². The number of amides is 2. The maximum Gasteiger partial charge on any atom is 0.328 e. The quantitative estimate of drug-likeness (QED) is 0.522. The summed E-state index contributed by atoms with van der Waals surface area (Å²) in [7, 11) is 0. The van der Waals surface area contributed by atoms with Crippen LogP contribution in [0.3, 0.4) is 0 Å². The van der Waals surface area contributed by atoms with Crippen molar-refractivity contribution in [3.8, 4) is 0 Å². The number of nitrogens with zero attached hydrogens (tertiary/aromatic N) is 2. The van der Waals surface area contributed by atoms with Gasteiger partial charge in [-0.15, -0.1) is 0 Å². The highest BCUT2D eigenvalue weighted by Gasteiger charge is 2.24. The molecule has 0 unspecified atom stereocenters. The SMILES string of the molecule is C[C@@H](O)[C@H](NC(=O)NCCn1cccn1)C(=O)O. The number of nitrogens with one attached hydrogen (secondary N) is 2. The molecule has 100 valence electrons. The highest BCUT2D eigenvalue weighted by atomic mass is 16.4. The average molecular weight is 256 g/mol. The Morgan fingerprint density at radius 1 is 1.50 bits per heavy atom. The van der Waals surface area contributed by atoms with Gasteiger partial charge >= 0.3 is 12.0 Å². The first-order chi connectivity index (χ1) is 8.50. The van der Waals surface area contributed by atoms with Gasteiger partial charge in [0.15, 0.2) is 6.04 Å². The Kier molecular flexibility index (Phi) is 5.12. The van der Waals surface area contributed by atoms with E-state index in [9.17, 15) is 9.59 Å². The first kappa shape index (κ1) is 14.0. The van der Waals surface area contributed by atoms with Crippen molar-refractivity contribution in [2.45, 2.75) is 25.6 Å². The highest BCUT2D eigenvalue weighted by molar-refractivity contribution is 5.82. The summed E-state index contributed by atoms with van der Waals surface area (Å²) in [6, 6.07) is -0.210. The fourth-order valence-electron chi connectivity index (χ4n) is 1.30. The molecule has 8 heteroatoms. The number of carbonyl (C=O) groups excluding carboxylic acids is 1. The summed E-state index contributed by atoms with van der Waals surface area (Å²) < 4.78 is 1.63. The van der Waals surface area contributed by atoms with Crippen LogP contribution in [-0.2, 0) is 11.3 Å². The van der Waals surface area contributed by atoms with Crippen LogP contribution in [0, 0.1) is 0 Å². The van der Waals surface area contributed by atoms with Crippen molar-refractivity contribution in [2.75, 3.05) is 6.54 Å². The number of urea groups is 1. The molecule has 0 aliphatic carbocycles. The zero-order valence-electron chi connectivity index (χ0n) is 9.91. The summed E-state index contributed by atoms with van der Waals surface area (Å²) in [5.74, 6) is -1.28. The summed E-state index contributed by atoms with van der Waals surface area (Å²) in [6.45, 7) is 2.08. The monoisotopic (exact) mass is 256 g/mol. The van der Waals surface area contributed by atoms with Crippen LogP contribution in [0.2, 0.25) is 0 Å². The van der Waals surface area contributed by atoms with Crippen LogP contribution >= 0.6 is 0 Å². The minimum Gasteiger partial charge on any atom is -0.480 e. The van der Waals surface area contributed by atoms with E-state index in [2.05, 4.69) is 15.7 Å². The predicted octanol–water partition coefficient (Wildman–Crippen LogP) is -0.984. The van der Waals surface area contributed by atoms with Crippen LogP contribution < -0.4 is 10.6 Å². The molecule has 0 aromatic carbocycles. The lowest BCUT2D eigenvalue weighted by molar-refractivity contribution is -0.141. The predicted molar refractivity (Wildman–Crippen MR) is 61.9 cm³/mol. The van der Waals surface area contributed by atoms with Crippen molar-refractivity contribution < 1.29 is 19.8 Å². The smallest absolute Gasteiger partial charge is 0.328 e. The number of rotatable bonds is 6. The standard InChI is InChI=1S/C10H16N4O4/c1-7(15)8(9(16)17)13-10(18)11-4-6-14-5-2-3-12-14/h2-3,5,7-8,15H,4,6H2,1H3,(H,16,17)(H2,11,13,18)/t7-,8+/m1/s1. The van der Waals surface area contributed by atoms with Gasteiger partial charge in [-0.3, -0.25) is 4.68 Å². The fourth-order valence-corrected chi connectivity index (χ4v) is 1.30. The maximum atomic E-state index is 11.4. The molecule has 0 radical (unpaired) electrons. The Bertz CT molecular complexity index is 391. The van der Waals surface area contributed by atoms with Gasteiger partial charge < -0.3 is 20.8 Å². The van der Waals surface area contributed by atoms with E-state index in [1.807, 2.05) is 0 Å². The summed E-state index contributed by atoms with van der Waals surface area (Å²) >= 11 is 0. The van der Waals surface area contributed by atoms with E-state index in [-0.39, 0.29) is 0 Å². The Morgan fingerprint density at radius 3 is 2.72 bits per heavy atom. The van der Waals surface area contributed by atoms with Gasteiger partial charge in [-0.2, -0.15) is 5.10 Å². The fraction of sp³-hybridized carbons (Fsp3) is 0.500. The number of aliphatic hydroxyl groups excluding tert-OH is 1. The first-order valence-corrected chi connectivity index (χ1v) is 5.43. The van der Waals surface area contributed by atoms with Crippen LogP contribution in [0.15, 0.2) is 18.5 Å². The molecule has 0 aliphatic rings. The van der Waals surface area contributed by atoms with Crippen LogP contribution in [0.25, 0.3) is 0 Å². The van der Waals surface area contributed by atoms with Crippen LogP contribution in [0.1, 0.15) is 6.92 Å². The zero-order chi connectivity index (χ0) is 13.5. The maximum absolute atomic E-state index is 11.4. The number of aliphatic carboxylic acids is 1. The third-order valence-corrected chi connectivity index (χ3v) is 2.22. The summed E-state index contributed by atoms with van der Waals surface area (Å²) in [5.41, 5.74) is 0. The van der Waals surface area contributed by atoms with E-state index in [1.54, 1.807) is 23.1 Å². The zero-order valence-corrected chi connectivity index (χ0v) is 9.91. The van der Waals surface area contributed by atoms with Crippen LogP contribution in [0.5, 0.6) is 0 Å². The van der Waals surface area contributed by atoms with Gasteiger partial charge in [-0.1, -0.05) is 0 Å². The van der Waals surface area contributed by atoms with E-state index in [4.69, 9.17) is 10.2 Å². The minimum atomic E-state index is -1.32. The second-order valence-corrected chi connectivity index (χ2v) is 3.73. The summed E-state index contributed by atoms with van der Waals surface area (Å²) in [4.78, 5) is 22.1. The number of carbonyl (C=O) groups is 2. The number of hydrogen-bond acceptors (Lipinski definition) is 4. The molecular formula is C10H16N4O4. The van der Waals surface area contributed by atoms with Gasteiger partial charge in [0.1, 0.15) is 0 Å². The molecule has 2 amide bonds. The normalized spacial score (nSPS) is 13.7. The number of hydrogen-bond donors (Lipinski definition) is 4. The van der Waals surface area contributed by atoms with E-state index >= 15 is 0 Å². The molecule has 1 aromatic heterocycles. The van der Waals surface area contributed by atoms with Crippen molar-refractivity contribution >= 4 is 12.0 Å². The topological polar surface area (TPSA) is 116 Å². The van der Waals surface area contributed by atoms with Crippen molar-refractivity contribution in [2.24, 2.45) is 0 Å². The Labute approximate surface area is 104 Å². The summed E-state index contributed by atoms with van der Waals surface area (Å²) in [5, 5.41) is 26.5. The molecule has 0 bridgehead atoms. The van der Waals surface area contributed by atoms with E-state index in [0.29, 0.717) is 13.1 Å². The van der Waals surface area contributed by atoms with E-state index in [1.165, 1.54) is 6.92 Å². The number of carboxylic acids is 1. The molecule has 8 nitrogen and oxygen atoms in total. The molecule has 4 N–H and O–H groups in total. The van der Waals surface area contributed by atoms with Crippen molar-refractivity contribution in [3.05, 3.63) is 18.5 Å². The van der Waals surface area contributed by atoms with Gasteiger partial charge in [0.2, 0.25) is 0 Å². The second kappa shape index (κ2) is 6.60. The molecule has 0 saturated heterocycles. The molecule has 18 heavy (non-hydrogen) atoms. The van der Waals surface area contributed by atoms with Gasteiger partial charge in [-0.05, 0) is 13.0 Å². The van der Waals surface area contributed by atoms with Gasteiger partial charge in [-0.25, -0.2) is 9.59 Å². The average Bonchev–Trinajstić information content (AvgIpc) is 2.78. The van der Waals surface area contributed by atoms with Gasteiger partial charge in [0.05, 0.1) is 12.6 Å². The second-order valence-electron chi connectivity index (χ2n) is 3.73. The van der Waals surface area contributed by atoms with Crippen molar-refractivity contribution in [1.29, 1.82) is 0 Å². The van der Waals surface area contributed by atoms with E-state index < -0.39 is 24.1 Å². The Hall–Kier alpha value is -2.09. The largest absolute Gasteiger partial charge is 0.480 e. The Balaban J connectivity index is 2.30. The molecule has 0 saturated carbocycles. The molecule has 2 atom stereocenters. The van der Waals surface area contributed by atoms with Crippen molar-refractivity contribution in [3.63, 3.8) is 0 Å². The van der Waals surface area contributed by atoms with Crippen LogP contribution in [0.4, 0.5) is 4.79 Å². The first-order valence-electron chi connectivity index (χ1n) is 5.43. The minimum absolute atomic E-state index is 0.305. The lowest BCUT2D eigenvalue weighted by Gasteiger charge is -2.17. The van der Waals surface area contributed by atoms with Gasteiger partial charge in [0.25, 0.3) is 0 Å².